The molecular formula is C88H65F4N21O17S8. The van der Waals surface area contributed by atoms with E-state index in [9.17, 15) is 89.6 Å². The van der Waals surface area contributed by atoms with Crippen molar-refractivity contribution in [3.8, 4) is 34.4 Å². The Labute approximate surface area is 791 Å². The van der Waals surface area contributed by atoms with Crippen LogP contribution >= 0.6 is 45.3 Å². The normalized spacial score (nSPS) is 12.4. The molecule has 18 aromatic rings. The van der Waals surface area contributed by atoms with Gasteiger partial charge in [-0.3, -0.25) is 47.3 Å². The highest BCUT2D eigenvalue weighted by atomic mass is 32.3. The van der Waals surface area contributed by atoms with Gasteiger partial charge < -0.3 is 36.3 Å². The summed E-state index contributed by atoms with van der Waals surface area (Å²) in [7, 11) is -13.1. The number of hydrogen-bond donors (Lipinski definition) is 10. The van der Waals surface area contributed by atoms with E-state index < -0.39 is 84.7 Å². The first kappa shape index (κ1) is 93.9. The fourth-order valence-corrected chi connectivity index (χ4v) is 22.3. The van der Waals surface area contributed by atoms with Crippen LogP contribution < -0.4 is 73.0 Å². The first-order valence-corrected chi connectivity index (χ1v) is 49.4. The second-order valence-electron chi connectivity index (χ2n) is 29.8. The molecular weight excluding hydrogens is 1960 g/mol. The molecule has 700 valence electrons. The number of hydrogen-bond acceptors (Lipinski definition) is 30. The number of aromatic nitrogens is 10. The fourth-order valence-electron chi connectivity index (χ4n) is 14.7. The minimum atomic E-state index is -4.23. The summed E-state index contributed by atoms with van der Waals surface area (Å²) >= 11 is 1.61. The summed E-state index contributed by atoms with van der Waals surface area (Å²) in [6.07, 6.45) is 13.1. The van der Waals surface area contributed by atoms with Crippen LogP contribution in [0.4, 0.5) is 65.2 Å². The standard InChI is InChI=1S/C25H19FN6O4S2.C22H18FN5O4S2.C21H16FN5O4S2.C20H12FN5O5S2/c1-27-16-2-4-18-19(12-16)20(15-8-10-28-11-9-15)14-32(24(18)33)22-6-3-17(13-29-22)30-25(34)31-38(35,36)23-7-5-21(26)37-23;1-27-11-16-14-4-2-3-5-15(14)21(29)28(17(16)12-27)19-8-6-13(10-24-19)25-22(30)26-34(31,32)20-9-7-18(23)33-20;22-17-6-8-19(32-17)33(30,31)26-21(29)25-12-5-7-18(24-9-12)27-16-11-23-10-15(16)13-3-1-2-4-14(13)20(27)28;21-16-2-4-18(32-16)33(29,30)25-20(28)24-12-1-3-17(22-9-12)26-6-5-11-7-14-15(31-10-23-14)8-13(11)19(26)27/h2-14,27H,1H3,(H2,30,31,34);2-10H,11-12H2,1H3,(H2,25,26,30);1-9,23H,10-11H2,(H2,25,26,29);1-10H,(H2,24,25,28). The Kier molecular flexibility index (Phi) is 26.4. The summed E-state index contributed by atoms with van der Waals surface area (Å²) in [5, 5.41) is 18.4. The predicted octanol–water partition coefficient (Wildman–Crippen LogP) is 13.2. The third-order valence-electron chi connectivity index (χ3n) is 20.8. The maximum absolute atomic E-state index is 13.4. The molecule has 0 saturated heterocycles. The van der Waals surface area contributed by atoms with Crippen LogP contribution in [0.3, 0.4) is 0 Å². The average molecular weight is 2020 g/mol. The highest BCUT2D eigenvalue weighted by molar-refractivity contribution is 7.93. The molecule has 14 aromatic heterocycles. The number of thiophene rings is 4. The Balaban J connectivity index is 0.000000127. The molecule has 0 aliphatic carbocycles. The molecule has 138 heavy (non-hydrogen) atoms. The van der Waals surface area contributed by atoms with Gasteiger partial charge in [0.25, 0.3) is 62.3 Å². The van der Waals surface area contributed by atoms with Crippen molar-refractivity contribution in [3.63, 3.8) is 0 Å². The van der Waals surface area contributed by atoms with E-state index >= 15 is 0 Å². The van der Waals surface area contributed by atoms with Gasteiger partial charge >= 0.3 is 24.1 Å². The monoisotopic (exact) mass is 2020 g/mol. The van der Waals surface area contributed by atoms with E-state index in [4.69, 9.17) is 4.42 Å². The van der Waals surface area contributed by atoms with Crippen LogP contribution in [0.25, 0.3) is 88.6 Å². The van der Waals surface area contributed by atoms with Gasteiger partial charge in [-0.1, -0.05) is 81.7 Å². The molecule has 38 nitrogen and oxygen atoms in total. The van der Waals surface area contributed by atoms with Gasteiger partial charge in [0.05, 0.1) is 52.9 Å². The molecule has 8 amide bonds. The smallest absolute Gasteiger partial charge is 0.333 e. The van der Waals surface area contributed by atoms with Crippen LogP contribution in [-0.4, -0.2) is 125 Å². The lowest BCUT2D eigenvalue weighted by molar-refractivity contribution is 0.255. The number of urea groups is 4. The van der Waals surface area contributed by atoms with Crippen LogP contribution in [0.2, 0.25) is 0 Å². The zero-order valence-corrected chi connectivity index (χ0v) is 77.2. The van der Waals surface area contributed by atoms with Crippen LogP contribution in [0.15, 0.2) is 291 Å². The first-order valence-electron chi connectivity index (χ1n) is 40.2. The lowest BCUT2D eigenvalue weighted by Gasteiger charge is -2.14. The van der Waals surface area contributed by atoms with Crippen molar-refractivity contribution < 1.29 is 74.8 Å². The third-order valence-corrected chi connectivity index (χ3v) is 31.6. The Morgan fingerprint density at radius 1 is 0.406 bits per heavy atom. The van der Waals surface area contributed by atoms with Crippen LogP contribution in [0, 0.1) is 20.5 Å². The number of rotatable bonds is 18. The van der Waals surface area contributed by atoms with E-state index in [1.165, 1.54) is 81.3 Å². The van der Waals surface area contributed by atoms with Crippen molar-refractivity contribution in [2.45, 2.75) is 43.0 Å². The van der Waals surface area contributed by atoms with Gasteiger partial charge in [0.2, 0.25) is 0 Å². The summed E-state index contributed by atoms with van der Waals surface area (Å²) in [5.41, 5.74) is 7.17. The van der Waals surface area contributed by atoms with Gasteiger partial charge in [0.1, 0.15) is 45.6 Å². The second kappa shape index (κ2) is 38.8. The summed E-state index contributed by atoms with van der Waals surface area (Å²) in [5.74, 6) is 1.33. The number of nitrogens with zero attached hydrogens (tertiary/aromatic N) is 11. The number of benzene rings is 4. The van der Waals surface area contributed by atoms with Crippen molar-refractivity contribution in [1.29, 1.82) is 0 Å². The maximum Gasteiger partial charge on any atom is 0.333 e. The zero-order valence-electron chi connectivity index (χ0n) is 70.6. The minimum Gasteiger partial charge on any atom is -0.443 e. The molecule has 20 rings (SSSR count). The largest absolute Gasteiger partial charge is 0.443 e. The number of amides is 8. The zero-order chi connectivity index (χ0) is 97.2. The van der Waals surface area contributed by atoms with Crippen LogP contribution in [0.5, 0.6) is 0 Å². The van der Waals surface area contributed by atoms with Gasteiger partial charge in [-0.25, -0.2) is 96.7 Å². The Morgan fingerprint density at radius 3 is 1.25 bits per heavy atom. The molecule has 0 saturated carbocycles. The quantitative estimate of drug-likeness (QED) is 0.0357. The number of nitrogens with one attached hydrogen (secondary N) is 10. The van der Waals surface area contributed by atoms with Crippen molar-refractivity contribution >= 4 is 192 Å². The first-order chi connectivity index (χ1) is 66.1. The Morgan fingerprint density at radius 2 is 0.819 bits per heavy atom. The molecule has 0 radical (unpaired) electrons. The molecule has 16 heterocycles. The van der Waals surface area contributed by atoms with Gasteiger partial charge in [-0.2, -0.15) is 17.6 Å². The summed E-state index contributed by atoms with van der Waals surface area (Å²) in [6, 6.07) is 45.3. The SMILES string of the molecule is CN1Cc2c(n(-c3ccc(NC(=O)NS(=O)(=O)c4ccc(F)s4)cn3)c(=O)c3ccccc23)C1.CNc1ccc2c(=O)n(-c3ccc(NC(=O)NS(=O)(=O)c4ccc(F)s4)cn3)cc(-c3ccncc3)c2c1.O=C(Nc1ccc(-n2c3c(c4ccccc4c2=O)CNC3)nc1)NS(=O)(=O)c1ccc(F)s1.O=C(Nc1ccc(-n2ccc3cc4ncoc4cc3c2=O)nc1)NS(=O)(=O)c1ccc(F)s1. The molecule has 0 atom stereocenters. The maximum atomic E-state index is 13.4. The Hall–Kier alpha value is -15.9. The molecule has 0 spiro atoms. The number of oxazole rings is 1. The van der Waals surface area contributed by atoms with Gasteiger partial charge in [-0.15, -0.1) is 0 Å². The molecule has 0 bridgehead atoms. The highest BCUT2D eigenvalue weighted by Crippen LogP contribution is 2.34. The number of anilines is 5. The lowest BCUT2D eigenvalue weighted by Crippen LogP contribution is -2.34. The van der Waals surface area contributed by atoms with E-state index in [1.54, 1.807) is 95.7 Å². The molecule has 50 heteroatoms. The van der Waals surface area contributed by atoms with E-state index in [1.807, 2.05) is 75.8 Å². The van der Waals surface area contributed by atoms with Crippen molar-refractivity contribution in [3.05, 3.63) is 335 Å². The minimum absolute atomic E-state index is 0.181. The number of halogens is 4. The number of carbonyl (C=O) groups excluding carboxylic acids is 4. The molecule has 10 N–H and O–H groups in total. The van der Waals surface area contributed by atoms with Gasteiger partial charge in [0, 0.05) is 96.8 Å². The third kappa shape index (κ3) is 20.2. The van der Waals surface area contributed by atoms with E-state index in [0.29, 0.717) is 121 Å². The van der Waals surface area contributed by atoms with Gasteiger partial charge in [-0.05, 0) is 203 Å². The number of carbonyl (C=O) groups is 4. The van der Waals surface area contributed by atoms with Crippen molar-refractivity contribution in [2.75, 3.05) is 40.7 Å². The second-order valence-corrected chi connectivity index (χ2v) is 41.6. The molecule has 0 unspecified atom stereocenters. The average Bonchev–Trinajstić information content (AvgIpc) is 1.57. The number of sulfonamides is 4. The number of pyridine rings is 9. The molecule has 4 aromatic carbocycles. The lowest BCUT2D eigenvalue weighted by atomic mass is 10.0. The van der Waals surface area contributed by atoms with E-state index in [2.05, 4.69) is 66.7 Å². The van der Waals surface area contributed by atoms with E-state index in [-0.39, 0.29) is 73.5 Å². The van der Waals surface area contributed by atoms with Crippen molar-refractivity contribution in [2.24, 2.45) is 0 Å². The predicted molar refractivity (Wildman–Crippen MR) is 510 cm³/mol. The number of fused-ring (bicyclic) bond motifs is 9. The fraction of sp³-hybridized carbons (Fsp3) is 0.0682. The molecule has 0 fully saturated rings. The summed E-state index contributed by atoms with van der Waals surface area (Å²) < 4.78 is 167. The molecule has 2 aliphatic rings. The topological polar surface area (TPSA) is 507 Å². The molecule has 2 aliphatic heterocycles. The van der Waals surface area contributed by atoms with Crippen molar-refractivity contribution in [1.82, 2.24) is 77.3 Å². The van der Waals surface area contributed by atoms with Gasteiger partial charge in [0.15, 0.2) is 32.5 Å². The van der Waals surface area contributed by atoms with E-state index in [0.717, 1.165) is 104 Å². The highest BCUT2D eigenvalue weighted by Gasteiger charge is 2.30. The van der Waals surface area contributed by atoms with Crippen LogP contribution in [0.1, 0.15) is 22.5 Å². The summed E-state index contributed by atoms with van der Waals surface area (Å²) in [6.45, 7) is 2.44. The Bertz CT molecular complexity index is 8670. The summed E-state index contributed by atoms with van der Waals surface area (Å²) in [4.78, 5) is 129. The van der Waals surface area contributed by atoms with Crippen LogP contribution in [-0.2, 0) is 66.3 Å².